The average Bonchev–Trinajstić information content (AvgIpc) is 3.90. The van der Waals surface area contributed by atoms with Crippen LogP contribution in [0.25, 0.3) is 6.08 Å². The maximum Gasteiger partial charge on any atom is 0.442 e. The SMILES string of the molecule is O=C(CCCC[C@@H]1SC[C@@H]2NC(=O)N[C@@H]21)NCCOCCOCCOc1cc(C2(C(F)(F)F)N=N2)ccc1CO/N=C\[C@H]1O[C@@H](O/C(=C/c2ccc(O)cc2)C(=O)O)[C@H](O)[C@@H](O)[C@H]1O. The number of rotatable bonds is 24. The van der Waals surface area contributed by atoms with Gasteiger partial charge >= 0.3 is 23.8 Å². The zero-order chi connectivity index (χ0) is 45.9. The number of hydrogen-bond acceptors (Lipinski definition) is 17. The standard InChI is InChI=1S/C40H49F3N6O14S/c41-40(42,43)39(48-49-39)24-8-7-23(20-61-45-19-29-33(52)34(53)35(54)37(63-29)62-28(36(55)56)17-22-5-9-25(50)10-6-22)27(18-24)60-16-15-59-14-13-58-12-11-44-31(51)4-2-1-3-30-32-26(21-64-30)46-38(57)47-32/h5-10,17-19,26,29-30,32-35,37,50,52-54H,1-4,11-16,20-21H2,(H,44,51)(H,55,56)(H2,46,47,57)/b28-17+,45-19-/t26-,29+,30-,32-,33-,34-,35+,37+/m0/s1. The Morgan fingerprint density at radius 3 is 2.44 bits per heavy atom. The van der Waals surface area contributed by atoms with Crippen LogP contribution in [0.3, 0.4) is 0 Å². The number of fused-ring (bicyclic) bond motifs is 1. The van der Waals surface area contributed by atoms with E-state index in [1.54, 1.807) is 0 Å². The summed E-state index contributed by atoms with van der Waals surface area (Å²) < 4.78 is 69.1. The number of ether oxygens (including phenoxy) is 5. The number of unbranched alkanes of at least 4 members (excludes halogenated alkanes) is 1. The van der Waals surface area contributed by atoms with Gasteiger partial charge in [-0.25, -0.2) is 9.59 Å². The number of phenolic OH excluding ortho intramolecular Hbond substituents is 1. The number of nitrogens with zero attached hydrogens (tertiary/aromatic N) is 3. The number of aliphatic hydroxyl groups is 3. The van der Waals surface area contributed by atoms with Gasteiger partial charge in [-0.15, -0.1) is 10.2 Å². The largest absolute Gasteiger partial charge is 0.508 e. The topological polar surface area (TPSA) is 281 Å². The molecule has 8 N–H and O–H groups in total. The molecule has 24 heteroatoms. The lowest BCUT2D eigenvalue weighted by Gasteiger charge is -2.38. The Morgan fingerprint density at radius 2 is 1.72 bits per heavy atom. The lowest BCUT2D eigenvalue weighted by atomic mass is 9.99. The molecule has 0 saturated carbocycles. The Balaban J connectivity index is 0.918. The van der Waals surface area contributed by atoms with Gasteiger partial charge in [-0.05, 0) is 42.7 Å². The molecule has 20 nitrogen and oxygen atoms in total. The third kappa shape index (κ3) is 12.7. The number of alkyl halides is 3. The molecule has 0 radical (unpaired) electrons. The summed E-state index contributed by atoms with van der Waals surface area (Å²) in [6.07, 6.45) is -8.76. The maximum atomic E-state index is 13.8. The molecule has 4 aliphatic heterocycles. The van der Waals surface area contributed by atoms with Gasteiger partial charge in [-0.2, -0.15) is 24.9 Å². The van der Waals surface area contributed by atoms with Crippen LogP contribution in [0.4, 0.5) is 18.0 Å². The van der Waals surface area contributed by atoms with Crippen LogP contribution in [0.2, 0.25) is 0 Å². The van der Waals surface area contributed by atoms with E-state index in [-0.39, 0.29) is 86.3 Å². The second kappa shape index (κ2) is 22.1. The van der Waals surface area contributed by atoms with Crippen molar-refractivity contribution >= 4 is 42.0 Å². The first-order chi connectivity index (χ1) is 30.6. The van der Waals surface area contributed by atoms with Crippen LogP contribution < -0.4 is 20.7 Å². The molecule has 64 heavy (non-hydrogen) atoms. The summed E-state index contributed by atoms with van der Waals surface area (Å²) in [5, 5.41) is 69.8. The highest BCUT2D eigenvalue weighted by Gasteiger charge is 2.65. The number of thioether (sulfide) groups is 1. The molecular weight excluding hydrogens is 878 g/mol. The Labute approximate surface area is 368 Å². The molecule has 3 amide bonds. The van der Waals surface area contributed by atoms with Gasteiger partial charge in [0.05, 0.1) is 44.7 Å². The van der Waals surface area contributed by atoms with E-state index >= 15 is 0 Å². The first-order valence-electron chi connectivity index (χ1n) is 20.3. The van der Waals surface area contributed by atoms with E-state index in [4.69, 9.17) is 28.5 Å². The van der Waals surface area contributed by atoms with Crippen molar-refractivity contribution in [2.24, 2.45) is 15.4 Å². The van der Waals surface area contributed by atoms with Gasteiger partial charge in [-0.3, -0.25) is 4.79 Å². The van der Waals surface area contributed by atoms with Crippen molar-refractivity contribution < 1.29 is 81.6 Å². The number of carboxylic acid groups (broad SMARTS) is 1. The number of hydrogen-bond donors (Lipinski definition) is 8. The smallest absolute Gasteiger partial charge is 0.442 e. The number of aliphatic hydroxyl groups excluding tert-OH is 3. The molecule has 0 aromatic heterocycles. The van der Waals surface area contributed by atoms with Gasteiger partial charge in [0.1, 0.15) is 49.1 Å². The highest BCUT2D eigenvalue weighted by atomic mass is 32.2. The molecule has 2 aromatic rings. The van der Waals surface area contributed by atoms with Crippen LogP contribution in [0.15, 0.2) is 63.6 Å². The molecule has 0 unspecified atom stereocenters. The molecule has 3 saturated heterocycles. The van der Waals surface area contributed by atoms with E-state index in [0.29, 0.717) is 23.8 Å². The van der Waals surface area contributed by atoms with Gasteiger partial charge < -0.3 is 70.0 Å². The quantitative estimate of drug-likeness (QED) is 0.0187. The normalized spacial score (nSPS) is 26.0. The van der Waals surface area contributed by atoms with Gasteiger partial charge in [0.2, 0.25) is 18.0 Å². The minimum atomic E-state index is -4.81. The number of phenols is 1. The average molecular weight is 927 g/mol. The second-order valence-electron chi connectivity index (χ2n) is 15.0. The van der Waals surface area contributed by atoms with E-state index in [0.717, 1.165) is 49.4 Å². The molecule has 350 valence electrons. The number of aromatic hydroxyl groups is 1. The molecule has 3 fully saturated rings. The van der Waals surface area contributed by atoms with E-state index < -0.39 is 54.3 Å². The number of halogens is 3. The Kier molecular flexibility index (Phi) is 16.7. The fraction of sp³-hybridized carbons (Fsp3) is 0.550. The number of urea groups is 1. The van der Waals surface area contributed by atoms with E-state index in [2.05, 4.69) is 31.3 Å². The predicted molar refractivity (Wildman–Crippen MR) is 218 cm³/mol. The van der Waals surface area contributed by atoms with Crippen molar-refractivity contribution in [3.8, 4) is 11.5 Å². The molecule has 2 aromatic carbocycles. The summed E-state index contributed by atoms with van der Waals surface area (Å²) in [4.78, 5) is 41.0. The Morgan fingerprint density at radius 1 is 0.984 bits per heavy atom. The van der Waals surface area contributed by atoms with Crippen LogP contribution in [0.5, 0.6) is 11.5 Å². The lowest BCUT2D eigenvalue weighted by molar-refractivity contribution is -0.271. The van der Waals surface area contributed by atoms with Crippen molar-refractivity contribution in [1.82, 2.24) is 16.0 Å². The van der Waals surface area contributed by atoms with Crippen molar-refractivity contribution in [3.05, 3.63) is 64.9 Å². The Hall–Kier alpha value is -5.24. The van der Waals surface area contributed by atoms with Crippen molar-refractivity contribution in [3.63, 3.8) is 0 Å². The first-order valence-corrected chi connectivity index (χ1v) is 21.3. The number of nitrogens with one attached hydrogen (secondary N) is 3. The minimum Gasteiger partial charge on any atom is -0.508 e. The van der Waals surface area contributed by atoms with Gasteiger partial charge in [-0.1, -0.05) is 35.8 Å². The Bertz CT molecular complexity index is 2010. The molecule has 0 spiro atoms. The lowest BCUT2D eigenvalue weighted by Crippen LogP contribution is -2.58. The molecule has 4 heterocycles. The number of aliphatic carboxylic acids is 1. The summed E-state index contributed by atoms with van der Waals surface area (Å²) in [7, 11) is 0. The number of carbonyl (C=O) groups excluding carboxylic acids is 2. The number of carboxylic acids is 1. The van der Waals surface area contributed by atoms with Crippen LogP contribution in [-0.4, -0.2) is 149 Å². The second-order valence-corrected chi connectivity index (χ2v) is 16.2. The van der Waals surface area contributed by atoms with Crippen LogP contribution in [0.1, 0.15) is 42.4 Å². The van der Waals surface area contributed by atoms with Crippen LogP contribution in [0, 0.1) is 0 Å². The summed E-state index contributed by atoms with van der Waals surface area (Å²) >= 11 is 1.84. The molecule has 6 rings (SSSR count). The van der Waals surface area contributed by atoms with E-state index in [1.165, 1.54) is 30.3 Å². The van der Waals surface area contributed by atoms with Gasteiger partial charge in [0, 0.05) is 35.1 Å². The van der Waals surface area contributed by atoms with Crippen molar-refractivity contribution in [2.45, 2.75) is 92.2 Å². The first kappa shape index (κ1) is 48.2. The zero-order valence-electron chi connectivity index (χ0n) is 34.1. The number of benzene rings is 2. The fourth-order valence-corrected chi connectivity index (χ4v) is 8.47. The van der Waals surface area contributed by atoms with Crippen molar-refractivity contribution in [2.75, 3.05) is 45.3 Å². The number of carbonyl (C=O) groups is 3. The minimum absolute atomic E-state index is 0.0215. The van der Waals surface area contributed by atoms with Crippen molar-refractivity contribution in [1.29, 1.82) is 0 Å². The molecule has 8 atom stereocenters. The number of amides is 3. The third-order valence-electron chi connectivity index (χ3n) is 10.4. The fourth-order valence-electron chi connectivity index (χ4n) is 6.92. The van der Waals surface area contributed by atoms with E-state index in [9.17, 15) is 53.1 Å². The summed E-state index contributed by atoms with van der Waals surface area (Å²) in [5.74, 6) is -1.55. The summed E-state index contributed by atoms with van der Waals surface area (Å²) in [6, 6.07) is 9.16. The summed E-state index contributed by atoms with van der Waals surface area (Å²) in [6.45, 7) is 0.471. The molecule has 0 aliphatic carbocycles. The van der Waals surface area contributed by atoms with Crippen LogP contribution in [-0.2, 0) is 45.6 Å². The van der Waals surface area contributed by atoms with E-state index in [1.807, 2.05) is 11.8 Å². The predicted octanol–water partition coefficient (Wildman–Crippen LogP) is 2.28. The molecule has 4 aliphatic rings. The zero-order valence-corrected chi connectivity index (χ0v) is 34.9. The summed E-state index contributed by atoms with van der Waals surface area (Å²) in [5.41, 5.74) is -2.50. The number of oxime groups is 1. The van der Waals surface area contributed by atoms with Gasteiger partial charge in [0.15, 0.2) is 0 Å². The molecular formula is C40H49F3N6O14S. The monoisotopic (exact) mass is 926 g/mol. The highest BCUT2D eigenvalue weighted by Crippen LogP contribution is 2.53. The van der Waals surface area contributed by atoms with Gasteiger partial charge in [0.25, 0.3) is 0 Å². The third-order valence-corrected chi connectivity index (χ3v) is 11.9. The highest BCUT2D eigenvalue weighted by molar-refractivity contribution is 8.00. The maximum absolute atomic E-state index is 13.8. The molecule has 0 bridgehead atoms. The van der Waals surface area contributed by atoms with Crippen LogP contribution >= 0.6 is 11.8 Å².